The molecule has 0 bridgehead atoms. The summed E-state index contributed by atoms with van der Waals surface area (Å²) in [5.41, 5.74) is 3.89. The fourth-order valence-electron chi connectivity index (χ4n) is 3.13. The van der Waals surface area contributed by atoms with Crippen LogP contribution < -0.4 is 5.32 Å². The van der Waals surface area contributed by atoms with Gasteiger partial charge in [0.25, 0.3) is 5.91 Å². The van der Waals surface area contributed by atoms with Crippen LogP contribution in [0, 0.1) is 0 Å². The number of pyridine rings is 1. The van der Waals surface area contributed by atoms with Crippen LogP contribution in [0.5, 0.6) is 0 Å². The standard InChI is InChI=1S/C20H16N2O2/c23-19-5-1-3-13-6-8-16(12-17(13)19)22-20(24)15-7-9-18-14(11-15)4-2-10-21-18/h2,4,6-12H,1,3,5H2,(H,22,24). The molecule has 1 aliphatic carbocycles. The van der Waals surface area contributed by atoms with Crippen molar-refractivity contribution in [2.75, 3.05) is 5.32 Å². The van der Waals surface area contributed by atoms with E-state index >= 15 is 0 Å². The van der Waals surface area contributed by atoms with Crippen molar-refractivity contribution in [2.45, 2.75) is 19.3 Å². The number of hydrogen-bond acceptors (Lipinski definition) is 3. The van der Waals surface area contributed by atoms with Crippen LogP contribution in [0.15, 0.2) is 54.7 Å². The average Bonchev–Trinajstić information content (AvgIpc) is 2.62. The number of ketones is 1. The van der Waals surface area contributed by atoms with E-state index in [1.54, 1.807) is 18.3 Å². The lowest BCUT2D eigenvalue weighted by Gasteiger charge is -2.16. The molecule has 1 amide bonds. The zero-order valence-corrected chi connectivity index (χ0v) is 13.1. The Morgan fingerprint density at radius 1 is 1.04 bits per heavy atom. The van der Waals surface area contributed by atoms with E-state index in [0.29, 0.717) is 17.7 Å². The van der Waals surface area contributed by atoms with Gasteiger partial charge in [0.05, 0.1) is 5.52 Å². The van der Waals surface area contributed by atoms with Gasteiger partial charge < -0.3 is 5.32 Å². The second kappa shape index (κ2) is 5.89. The van der Waals surface area contributed by atoms with Gasteiger partial charge in [0.15, 0.2) is 5.78 Å². The molecule has 0 saturated carbocycles. The third-order valence-electron chi connectivity index (χ3n) is 4.38. The lowest BCUT2D eigenvalue weighted by atomic mass is 9.90. The van der Waals surface area contributed by atoms with Crippen molar-refractivity contribution in [3.63, 3.8) is 0 Å². The maximum atomic E-state index is 12.5. The van der Waals surface area contributed by atoms with E-state index in [9.17, 15) is 9.59 Å². The maximum Gasteiger partial charge on any atom is 0.255 e. The van der Waals surface area contributed by atoms with Crippen LogP contribution >= 0.6 is 0 Å². The second-order valence-corrected chi connectivity index (χ2v) is 6.01. The number of Topliss-reactive ketones (excluding diaryl/α,β-unsaturated/α-hetero) is 1. The van der Waals surface area contributed by atoms with E-state index < -0.39 is 0 Å². The SMILES string of the molecule is O=C(Nc1ccc2c(c1)C(=O)CCC2)c1ccc2ncccc2c1. The number of aromatic nitrogens is 1. The number of anilines is 1. The van der Waals surface area contributed by atoms with Crippen molar-refractivity contribution in [1.82, 2.24) is 4.98 Å². The summed E-state index contributed by atoms with van der Waals surface area (Å²) in [7, 11) is 0. The van der Waals surface area contributed by atoms with Gasteiger partial charge in [0, 0.05) is 34.8 Å². The topological polar surface area (TPSA) is 59.1 Å². The van der Waals surface area contributed by atoms with Gasteiger partial charge in [-0.2, -0.15) is 0 Å². The fourth-order valence-corrected chi connectivity index (χ4v) is 3.13. The summed E-state index contributed by atoms with van der Waals surface area (Å²) in [6, 6.07) is 14.8. The monoisotopic (exact) mass is 316 g/mol. The predicted molar refractivity (Wildman–Crippen MR) is 93.4 cm³/mol. The highest BCUT2D eigenvalue weighted by Crippen LogP contribution is 2.25. The van der Waals surface area contributed by atoms with E-state index in [0.717, 1.165) is 34.9 Å². The molecule has 1 aromatic heterocycles. The van der Waals surface area contributed by atoms with Gasteiger partial charge in [0.1, 0.15) is 0 Å². The van der Waals surface area contributed by atoms with Crippen molar-refractivity contribution >= 4 is 28.3 Å². The number of benzene rings is 2. The van der Waals surface area contributed by atoms with Gasteiger partial charge in [-0.3, -0.25) is 14.6 Å². The lowest BCUT2D eigenvalue weighted by Crippen LogP contribution is -2.15. The van der Waals surface area contributed by atoms with Gasteiger partial charge in [-0.25, -0.2) is 0 Å². The first-order valence-electron chi connectivity index (χ1n) is 8.03. The first-order chi connectivity index (χ1) is 11.7. The zero-order valence-electron chi connectivity index (χ0n) is 13.1. The summed E-state index contributed by atoms with van der Waals surface area (Å²) < 4.78 is 0. The van der Waals surface area contributed by atoms with Crippen molar-refractivity contribution in [1.29, 1.82) is 0 Å². The number of aryl methyl sites for hydroxylation is 1. The largest absolute Gasteiger partial charge is 0.322 e. The van der Waals surface area contributed by atoms with Crippen LogP contribution in [-0.2, 0) is 6.42 Å². The quantitative estimate of drug-likeness (QED) is 0.777. The summed E-state index contributed by atoms with van der Waals surface area (Å²) in [6.07, 6.45) is 4.14. The van der Waals surface area contributed by atoms with E-state index in [2.05, 4.69) is 10.3 Å². The Balaban J connectivity index is 1.61. The van der Waals surface area contributed by atoms with Crippen molar-refractivity contribution in [3.8, 4) is 0 Å². The first kappa shape index (κ1) is 14.6. The number of carbonyl (C=O) groups is 2. The Morgan fingerprint density at radius 2 is 1.96 bits per heavy atom. The van der Waals surface area contributed by atoms with Gasteiger partial charge in [-0.15, -0.1) is 0 Å². The minimum atomic E-state index is -0.191. The number of hydrogen-bond donors (Lipinski definition) is 1. The van der Waals surface area contributed by atoms with Gasteiger partial charge in [-0.1, -0.05) is 12.1 Å². The third kappa shape index (κ3) is 2.67. The Kier molecular flexibility index (Phi) is 3.58. The second-order valence-electron chi connectivity index (χ2n) is 6.01. The smallest absolute Gasteiger partial charge is 0.255 e. The Hall–Kier alpha value is -3.01. The molecule has 1 heterocycles. The molecule has 0 saturated heterocycles. The molecule has 1 N–H and O–H groups in total. The number of nitrogens with one attached hydrogen (secondary N) is 1. The van der Waals surface area contributed by atoms with Gasteiger partial charge in [0.2, 0.25) is 0 Å². The Labute approximate surface area is 139 Å². The van der Waals surface area contributed by atoms with Crippen LogP contribution in [0.3, 0.4) is 0 Å². The van der Waals surface area contributed by atoms with Crippen LogP contribution in [0.25, 0.3) is 10.9 Å². The predicted octanol–water partition coefficient (Wildman–Crippen LogP) is 4.01. The average molecular weight is 316 g/mol. The maximum absolute atomic E-state index is 12.5. The van der Waals surface area contributed by atoms with Crippen LogP contribution in [-0.4, -0.2) is 16.7 Å². The molecule has 118 valence electrons. The van der Waals surface area contributed by atoms with E-state index in [1.165, 1.54) is 0 Å². The number of fused-ring (bicyclic) bond motifs is 2. The molecular formula is C20H16N2O2. The summed E-state index contributed by atoms with van der Waals surface area (Å²) in [6.45, 7) is 0. The van der Waals surface area contributed by atoms with Crippen molar-refractivity contribution in [3.05, 3.63) is 71.4 Å². The Morgan fingerprint density at radius 3 is 2.88 bits per heavy atom. The lowest BCUT2D eigenvalue weighted by molar-refractivity contribution is 0.0970. The van der Waals surface area contributed by atoms with Crippen LogP contribution in [0.2, 0.25) is 0 Å². The number of amides is 1. The number of rotatable bonds is 2. The minimum Gasteiger partial charge on any atom is -0.322 e. The third-order valence-corrected chi connectivity index (χ3v) is 4.38. The number of nitrogens with zero attached hydrogens (tertiary/aromatic N) is 1. The van der Waals surface area contributed by atoms with E-state index in [-0.39, 0.29) is 11.7 Å². The van der Waals surface area contributed by atoms with Crippen LogP contribution in [0.1, 0.15) is 39.1 Å². The molecule has 0 radical (unpaired) electrons. The number of carbonyl (C=O) groups excluding carboxylic acids is 2. The van der Waals surface area contributed by atoms with E-state index in [1.807, 2.05) is 36.4 Å². The summed E-state index contributed by atoms with van der Waals surface area (Å²) >= 11 is 0. The highest BCUT2D eigenvalue weighted by Gasteiger charge is 2.18. The molecule has 24 heavy (non-hydrogen) atoms. The molecule has 4 rings (SSSR count). The molecule has 0 fully saturated rings. The van der Waals surface area contributed by atoms with Gasteiger partial charge >= 0.3 is 0 Å². The summed E-state index contributed by atoms with van der Waals surface area (Å²) in [4.78, 5) is 28.8. The highest BCUT2D eigenvalue weighted by atomic mass is 16.1. The molecule has 2 aromatic carbocycles. The minimum absolute atomic E-state index is 0.157. The van der Waals surface area contributed by atoms with Crippen LogP contribution in [0.4, 0.5) is 5.69 Å². The molecule has 4 heteroatoms. The summed E-state index contributed by atoms with van der Waals surface area (Å²) in [5.74, 6) is -0.0342. The first-order valence-corrected chi connectivity index (χ1v) is 8.03. The molecule has 0 unspecified atom stereocenters. The zero-order chi connectivity index (χ0) is 16.5. The molecule has 0 atom stereocenters. The summed E-state index contributed by atoms with van der Waals surface area (Å²) in [5, 5.41) is 3.80. The fraction of sp³-hybridized carbons (Fsp3) is 0.150. The molecule has 1 aliphatic rings. The molecule has 3 aromatic rings. The van der Waals surface area contributed by atoms with E-state index in [4.69, 9.17) is 0 Å². The molecule has 4 nitrogen and oxygen atoms in total. The molecule has 0 aliphatic heterocycles. The van der Waals surface area contributed by atoms with Crippen molar-refractivity contribution < 1.29 is 9.59 Å². The normalized spacial score (nSPS) is 13.6. The highest BCUT2D eigenvalue weighted by molar-refractivity contribution is 6.07. The Bertz CT molecular complexity index is 963. The van der Waals surface area contributed by atoms with Gasteiger partial charge in [-0.05, 0) is 54.8 Å². The van der Waals surface area contributed by atoms with Crippen molar-refractivity contribution in [2.24, 2.45) is 0 Å². The molecule has 0 spiro atoms. The molecular weight excluding hydrogens is 300 g/mol.